The van der Waals surface area contributed by atoms with Gasteiger partial charge in [-0.25, -0.2) is 4.90 Å². The highest BCUT2D eigenvalue weighted by atomic mass is 16.5. The molecule has 5 heteroatoms. The van der Waals surface area contributed by atoms with Gasteiger partial charge in [-0.3, -0.25) is 9.59 Å². The topological polar surface area (TPSA) is 58.6 Å². The summed E-state index contributed by atoms with van der Waals surface area (Å²) in [5.74, 6) is -0.282. The van der Waals surface area contributed by atoms with Crippen molar-refractivity contribution in [1.29, 1.82) is 0 Å². The molecule has 1 heterocycles. The van der Waals surface area contributed by atoms with Gasteiger partial charge in [0.05, 0.1) is 24.3 Å². The van der Waals surface area contributed by atoms with Crippen molar-refractivity contribution in [3.63, 3.8) is 0 Å². The number of nitrogens with zero attached hydrogens (tertiary/aromatic N) is 1. The molecular formula is C16H20N2O3. The molecule has 0 radical (unpaired) electrons. The van der Waals surface area contributed by atoms with E-state index in [0.29, 0.717) is 11.8 Å². The largest absolute Gasteiger partial charge is 0.378 e. The second-order valence-electron chi connectivity index (χ2n) is 5.57. The zero-order chi connectivity index (χ0) is 14.8. The lowest BCUT2D eigenvalue weighted by Crippen LogP contribution is -2.51. The van der Waals surface area contributed by atoms with Crippen LogP contribution in [0.25, 0.3) is 0 Å². The molecule has 5 nitrogen and oxygen atoms in total. The summed E-state index contributed by atoms with van der Waals surface area (Å²) in [5.41, 5.74) is 0.651. The first-order valence-corrected chi connectivity index (χ1v) is 7.48. The molecule has 3 rings (SSSR count). The number of rotatable bonds is 5. The summed E-state index contributed by atoms with van der Waals surface area (Å²) in [6.07, 6.45) is 2.36. The van der Waals surface area contributed by atoms with Gasteiger partial charge in [0.25, 0.3) is 5.91 Å². The summed E-state index contributed by atoms with van der Waals surface area (Å²) >= 11 is 0. The number of hydrogen-bond acceptors (Lipinski definition) is 4. The van der Waals surface area contributed by atoms with Gasteiger partial charge in [0.15, 0.2) is 0 Å². The van der Waals surface area contributed by atoms with Crippen molar-refractivity contribution in [1.82, 2.24) is 5.32 Å². The van der Waals surface area contributed by atoms with E-state index in [2.05, 4.69) is 5.32 Å². The van der Waals surface area contributed by atoms with Gasteiger partial charge >= 0.3 is 0 Å². The van der Waals surface area contributed by atoms with Gasteiger partial charge < -0.3 is 10.1 Å². The molecular weight excluding hydrogens is 268 g/mol. The molecule has 1 saturated carbocycles. The normalized spacial score (nSPS) is 28.8. The third-order valence-corrected chi connectivity index (χ3v) is 4.10. The third-order valence-electron chi connectivity index (χ3n) is 4.10. The molecule has 2 aliphatic rings. The van der Waals surface area contributed by atoms with Gasteiger partial charge in [-0.2, -0.15) is 0 Å². The first-order chi connectivity index (χ1) is 10.2. The Labute approximate surface area is 124 Å². The number of carbonyl (C=O) groups excluding carboxylic acids is 2. The number of anilines is 1. The summed E-state index contributed by atoms with van der Waals surface area (Å²) in [7, 11) is 0. The highest BCUT2D eigenvalue weighted by molar-refractivity contribution is 6.22. The zero-order valence-electron chi connectivity index (χ0n) is 12.1. The molecule has 1 atom stereocenters. The fourth-order valence-corrected chi connectivity index (χ4v) is 2.97. The molecule has 1 aromatic rings. The van der Waals surface area contributed by atoms with E-state index in [-0.39, 0.29) is 24.3 Å². The van der Waals surface area contributed by atoms with E-state index in [1.807, 2.05) is 25.1 Å². The van der Waals surface area contributed by atoms with Gasteiger partial charge in [-0.05, 0) is 31.9 Å². The lowest BCUT2D eigenvalue weighted by Gasteiger charge is -2.36. The second-order valence-corrected chi connectivity index (χ2v) is 5.57. The fraction of sp³-hybridized carbons (Fsp3) is 0.500. The van der Waals surface area contributed by atoms with Crippen LogP contribution in [0.3, 0.4) is 0 Å². The Morgan fingerprint density at radius 3 is 2.62 bits per heavy atom. The lowest BCUT2D eigenvalue weighted by molar-refractivity contribution is -0.122. The molecule has 2 amide bonds. The van der Waals surface area contributed by atoms with Crippen LogP contribution in [0.4, 0.5) is 5.69 Å². The van der Waals surface area contributed by atoms with Crippen LogP contribution in [0.2, 0.25) is 0 Å². The van der Waals surface area contributed by atoms with Crippen molar-refractivity contribution in [2.24, 2.45) is 0 Å². The quantitative estimate of drug-likeness (QED) is 0.834. The van der Waals surface area contributed by atoms with Crippen molar-refractivity contribution in [2.45, 2.75) is 44.4 Å². The van der Waals surface area contributed by atoms with Crippen molar-refractivity contribution in [3.05, 3.63) is 30.3 Å². The van der Waals surface area contributed by atoms with Crippen LogP contribution in [0.5, 0.6) is 0 Å². The Balaban J connectivity index is 1.60. The van der Waals surface area contributed by atoms with Crippen LogP contribution in [-0.2, 0) is 14.3 Å². The molecule has 1 saturated heterocycles. The second kappa shape index (κ2) is 5.95. The van der Waals surface area contributed by atoms with Crippen LogP contribution < -0.4 is 10.2 Å². The lowest BCUT2D eigenvalue weighted by atomic mass is 9.88. The Bertz CT molecular complexity index is 526. The van der Waals surface area contributed by atoms with Gasteiger partial charge in [-0.15, -0.1) is 0 Å². The minimum Gasteiger partial charge on any atom is -0.378 e. The number of nitrogens with one attached hydrogen (secondary N) is 1. The first kappa shape index (κ1) is 14.2. The summed E-state index contributed by atoms with van der Waals surface area (Å²) in [4.78, 5) is 25.8. The fourth-order valence-electron chi connectivity index (χ4n) is 2.97. The number of ether oxygens (including phenoxy) is 1. The molecule has 1 aliphatic carbocycles. The van der Waals surface area contributed by atoms with E-state index < -0.39 is 6.04 Å². The molecule has 0 aromatic heterocycles. The number of amides is 2. The predicted molar refractivity (Wildman–Crippen MR) is 78.9 cm³/mol. The van der Waals surface area contributed by atoms with Gasteiger partial charge in [0, 0.05) is 12.6 Å². The van der Waals surface area contributed by atoms with Crippen LogP contribution in [-0.4, -0.2) is 36.6 Å². The smallest absolute Gasteiger partial charge is 0.251 e. The van der Waals surface area contributed by atoms with E-state index in [1.54, 1.807) is 12.1 Å². The molecule has 0 bridgehead atoms. The van der Waals surface area contributed by atoms with Gasteiger partial charge in [0.2, 0.25) is 5.91 Å². The van der Waals surface area contributed by atoms with Crippen molar-refractivity contribution >= 4 is 17.5 Å². The summed E-state index contributed by atoms with van der Waals surface area (Å²) < 4.78 is 5.51. The van der Waals surface area contributed by atoms with Crippen molar-refractivity contribution in [2.75, 3.05) is 11.5 Å². The Kier molecular flexibility index (Phi) is 4.03. The van der Waals surface area contributed by atoms with Gasteiger partial charge in [0.1, 0.15) is 0 Å². The molecule has 112 valence electrons. The highest BCUT2D eigenvalue weighted by Gasteiger charge is 2.42. The zero-order valence-corrected chi connectivity index (χ0v) is 12.1. The average molecular weight is 288 g/mol. The number of imide groups is 1. The molecule has 21 heavy (non-hydrogen) atoms. The van der Waals surface area contributed by atoms with E-state index in [0.717, 1.165) is 19.4 Å². The maximum absolute atomic E-state index is 12.4. The third kappa shape index (κ3) is 2.84. The highest BCUT2D eigenvalue weighted by Crippen LogP contribution is 2.27. The molecule has 2 fully saturated rings. The van der Waals surface area contributed by atoms with Crippen molar-refractivity contribution in [3.8, 4) is 0 Å². The minimum absolute atomic E-state index is 0.135. The first-order valence-electron chi connectivity index (χ1n) is 7.48. The van der Waals surface area contributed by atoms with Crippen LogP contribution in [0.1, 0.15) is 26.2 Å². The summed E-state index contributed by atoms with van der Waals surface area (Å²) in [6.45, 7) is 2.71. The monoisotopic (exact) mass is 288 g/mol. The van der Waals surface area contributed by atoms with E-state index in [9.17, 15) is 9.59 Å². The van der Waals surface area contributed by atoms with Crippen LogP contribution >= 0.6 is 0 Å². The molecule has 1 aliphatic heterocycles. The number of hydrogen-bond donors (Lipinski definition) is 1. The number of carbonyl (C=O) groups is 2. The van der Waals surface area contributed by atoms with Gasteiger partial charge in [-0.1, -0.05) is 18.2 Å². The number of para-hydroxylation sites is 1. The Hall–Kier alpha value is -1.72. The summed E-state index contributed by atoms with van der Waals surface area (Å²) in [5, 5.41) is 3.29. The standard InChI is InChI=1S/C16H20N2O3/c1-2-21-13-8-11(9-13)17-14-10-15(19)18(16(14)20)12-6-4-3-5-7-12/h3-7,11,13-14,17H,2,8-10H2,1H3. The van der Waals surface area contributed by atoms with Crippen LogP contribution in [0, 0.1) is 0 Å². The molecule has 1 N–H and O–H groups in total. The van der Waals surface area contributed by atoms with E-state index in [4.69, 9.17) is 4.74 Å². The maximum Gasteiger partial charge on any atom is 0.251 e. The van der Waals surface area contributed by atoms with E-state index in [1.165, 1.54) is 4.90 Å². The Morgan fingerprint density at radius 1 is 1.24 bits per heavy atom. The maximum atomic E-state index is 12.4. The molecule has 1 unspecified atom stereocenters. The number of benzene rings is 1. The summed E-state index contributed by atoms with van der Waals surface area (Å²) in [6, 6.07) is 8.97. The average Bonchev–Trinajstić information content (AvgIpc) is 2.72. The SMILES string of the molecule is CCOC1CC(NC2CC(=O)N(c3ccccc3)C2=O)C1. The molecule has 1 aromatic carbocycles. The minimum atomic E-state index is -0.398. The Morgan fingerprint density at radius 2 is 1.95 bits per heavy atom. The van der Waals surface area contributed by atoms with Crippen LogP contribution in [0.15, 0.2) is 30.3 Å². The van der Waals surface area contributed by atoms with Crippen molar-refractivity contribution < 1.29 is 14.3 Å². The molecule has 0 spiro atoms. The predicted octanol–water partition coefficient (Wildman–Crippen LogP) is 1.48. The van der Waals surface area contributed by atoms with E-state index >= 15 is 0 Å².